The summed E-state index contributed by atoms with van der Waals surface area (Å²) in [7, 11) is -2.88. The molecule has 0 N–H and O–H groups in total. The van der Waals surface area contributed by atoms with Gasteiger partial charge in [-0.25, -0.2) is 9.55 Å². The van der Waals surface area contributed by atoms with Crippen LogP contribution in [0.3, 0.4) is 0 Å². The number of hydrogen-bond donors (Lipinski definition) is 0. The molecule has 0 amide bonds. The van der Waals surface area contributed by atoms with Gasteiger partial charge in [-0.15, -0.1) is 0 Å². The molecule has 10 aromatic carbocycles. The Balaban J connectivity index is 1.01. The Bertz CT molecular complexity index is 4480. The molecule has 15 rings (SSSR count). The lowest BCUT2D eigenvalue weighted by molar-refractivity contribution is 0.884. The zero-order valence-electron chi connectivity index (χ0n) is 40.2. The highest BCUT2D eigenvalue weighted by Crippen LogP contribution is 2.36. The van der Waals surface area contributed by atoms with Crippen LogP contribution in [0.2, 0.25) is 0 Å². The molecular weight excluding hydrogens is 921 g/mol. The van der Waals surface area contributed by atoms with Crippen LogP contribution in [-0.4, -0.2) is 46.1 Å². The topological polar surface area (TPSA) is 70.8 Å². The molecule has 0 aliphatic heterocycles. The lowest BCUT2D eigenvalue weighted by atomic mass is 10.2. The van der Waals surface area contributed by atoms with Gasteiger partial charge in [0.2, 0.25) is 17.7 Å². The van der Waals surface area contributed by atoms with Gasteiger partial charge in [-0.2, -0.15) is 15.0 Å². The monoisotopic (exact) mass is 964 g/mol. The molecule has 0 radical (unpaired) electrons. The number of para-hydroxylation sites is 4. The number of fused-ring (bicyclic) bond motifs is 11. The van der Waals surface area contributed by atoms with Crippen molar-refractivity contribution in [1.29, 1.82) is 0 Å². The molecule has 9 heteroatoms. The Morgan fingerprint density at radius 3 is 1.38 bits per heavy atom. The highest BCUT2D eigenvalue weighted by molar-refractivity contribution is 7.20. The van der Waals surface area contributed by atoms with Crippen LogP contribution < -0.4 is 20.7 Å². The standard InChI is InChI=1S/C65H44N8Si/c1-43-36-39-59-61(40-43)72-60-42-49(74(46-22-5-2-6-23-46,47-24-7-3-8-25-47)48-26-9-4-10-27-48)37-38-54(60)66-65(72)73(59)64-68-62(67-63(69-64)71-57-34-17-13-30-52(57)53-31-14-18-35-58(53)71)44-20-19-21-45(41-44)70-55-32-15-11-28-50(55)51-29-12-16-33-56(51)70/h2-42H,1H3. The predicted octanol–water partition coefficient (Wildman–Crippen LogP) is 12.2. The zero-order valence-corrected chi connectivity index (χ0v) is 41.2. The van der Waals surface area contributed by atoms with Crippen molar-refractivity contribution in [2.45, 2.75) is 6.92 Å². The summed E-state index contributed by atoms with van der Waals surface area (Å²) in [5.41, 5.74) is 11.2. The number of nitrogens with zero attached hydrogens (tertiary/aromatic N) is 8. The van der Waals surface area contributed by atoms with Crippen molar-refractivity contribution in [3.8, 4) is 29.0 Å². The quantitative estimate of drug-likeness (QED) is 0.112. The summed E-state index contributed by atoms with van der Waals surface area (Å²) in [6, 6.07) is 89.5. The summed E-state index contributed by atoms with van der Waals surface area (Å²) in [5, 5.41) is 9.87. The van der Waals surface area contributed by atoms with Crippen LogP contribution in [0.1, 0.15) is 5.56 Å². The van der Waals surface area contributed by atoms with Crippen LogP contribution in [0.5, 0.6) is 0 Å². The van der Waals surface area contributed by atoms with E-state index in [1.165, 1.54) is 31.5 Å². The molecule has 0 fully saturated rings. The summed E-state index contributed by atoms with van der Waals surface area (Å²) in [6.07, 6.45) is 0. The maximum Gasteiger partial charge on any atom is 0.242 e. The van der Waals surface area contributed by atoms with Crippen LogP contribution in [0.4, 0.5) is 0 Å². The molecule has 0 aliphatic rings. The molecule has 5 aromatic heterocycles. The van der Waals surface area contributed by atoms with Gasteiger partial charge in [-0.1, -0.05) is 188 Å². The normalized spacial score (nSPS) is 12.1. The molecule has 74 heavy (non-hydrogen) atoms. The van der Waals surface area contributed by atoms with E-state index in [-0.39, 0.29) is 0 Å². The second kappa shape index (κ2) is 16.4. The number of aromatic nitrogens is 8. The Morgan fingerprint density at radius 2 is 0.824 bits per heavy atom. The lowest BCUT2D eigenvalue weighted by Crippen LogP contribution is -2.74. The Kier molecular flexibility index (Phi) is 9.33. The molecule has 15 aromatic rings. The molecule has 0 saturated heterocycles. The third kappa shape index (κ3) is 6.20. The predicted molar refractivity (Wildman–Crippen MR) is 305 cm³/mol. The van der Waals surface area contributed by atoms with Gasteiger partial charge in [-0.05, 0) is 93.9 Å². The fraction of sp³-hybridized carbons (Fsp3) is 0.0154. The van der Waals surface area contributed by atoms with E-state index in [4.69, 9.17) is 19.9 Å². The van der Waals surface area contributed by atoms with Gasteiger partial charge in [0.1, 0.15) is 0 Å². The van der Waals surface area contributed by atoms with Crippen molar-refractivity contribution < 1.29 is 0 Å². The van der Waals surface area contributed by atoms with Crippen molar-refractivity contribution >= 4 is 100 Å². The largest absolute Gasteiger partial charge is 0.309 e. The third-order valence-electron chi connectivity index (χ3n) is 15.0. The van der Waals surface area contributed by atoms with Crippen LogP contribution in [0, 0.1) is 6.92 Å². The molecule has 0 bridgehead atoms. The van der Waals surface area contributed by atoms with Gasteiger partial charge in [0.25, 0.3) is 0 Å². The van der Waals surface area contributed by atoms with Crippen molar-refractivity contribution in [1.82, 2.24) is 38.0 Å². The lowest BCUT2D eigenvalue weighted by Gasteiger charge is -2.34. The number of hydrogen-bond acceptors (Lipinski definition) is 4. The average molecular weight is 965 g/mol. The van der Waals surface area contributed by atoms with E-state index in [9.17, 15) is 0 Å². The molecule has 0 atom stereocenters. The highest BCUT2D eigenvalue weighted by atomic mass is 28.3. The highest BCUT2D eigenvalue weighted by Gasteiger charge is 2.41. The van der Waals surface area contributed by atoms with Crippen LogP contribution in [-0.2, 0) is 0 Å². The number of benzene rings is 10. The van der Waals surface area contributed by atoms with Crippen molar-refractivity contribution in [2.24, 2.45) is 0 Å². The summed E-state index contributed by atoms with van der Waals surface area (Å²) >= 11 is 0. The minimum absolute atomic E-state index is 0.468. The third-order valence-corrected chi connectivity index (χ3v) is 19.8. The SMILES string of the molecule is Cc1ccc2c(c1)n1c3cc([Si](c4ccccc4)(c4ccccc4)c4ccccc4)ccc3nc1n2-c1nc(-c2cccc(-n3c4ccccc4c4ccccc43)c2)nc(-n2c3ccccc3c3ccccc32)n1. The number of aryl methyl sites for hydroxylation is 1. The minimum Gasteiger partial charge on any atom is -0.309 e. The first-order chi connectivity index (χ1) is 36.6. The van der Waals surface area contributed by atoms with Gasteiger partial charge in [0, 0.05) is 32.8 Å². The first kappa shape index (κ1) is 42.0. The average Bonchev–Trinajstić information content (AvgIpc) is 4.24. The summed E-state index contributed by atoms with van der Waals surface area (Å²) in [5.74, 6) is 2.24. The van der Waals surface area contributed by atoms with Crippen LogP contribution in [0.15, 0.2) is 249 Å². The van der Waals surface area contributed by atoms with Crippen LogP contribution >= 0.6 is 0 Å². The van der Waals surface area contributed by atoms with E-state index < -0.39 is 8.07 Å². The summed E-state index contributed by atoms with van der Waals surface area (Å²) in [4.78, 5) is 22.0. The van der Waals surface area contributed by atoms with Gasteiger partial charge in [-0.3, -0.25) is 8.97 Å². The summed E-state index contributed by atoms with van der Waals surface area (Å²) in [6.45, 7) is 2.15. The molecule has 0 saturated carbocycles. The molecule has 0 spiro atoms. The zero-order chi connectivity index (χ0) is 48.9. The van der Waals surface area contributed by atoms with E-state index in [2.05, 4.69) is 274 Å². The maximum absolute atomic E-state index is 5.53. The van der Waals surface area contributed by atoms with Gasteiger partial charge in [0.15, 0.2) is 13.9 Å². The van der Waals surface area contributed by atoms with Gasteiger partial charge < -0.3 is 4.57 Å². The fourth-order valence-corrected chi connectivity index (χ4v) is 16.6. The van der Waals surface area contributed by atoms with Gasteiger partial charge in [0.05, 0.1) is 44.1 Å². The van der Waals surface area contributed by atoms with Crippen molar-refractivity contribution in [3.63, 3.8) is 0 Å². The first-order valence-corrected chi connectivity index (χ1v) is 27.1. The summed E-state index contributed by atoms with van der Waals surface area (Å²) < 4.78 is 8.96. The molecular formula is C65H44N8Si. The Hall–Kier alpha value is -9.70. The van der Waals surface area contributed by atoms with E-state index in [1.807, 2.05) is 0 Å². The van der Waals surface area contributed by atoms with E-state index in [1.54, 1.807) is 0 Å². The second-order valence-electron chi connectivity index (χ2n) is 19.2. The van der Waals surface area contributed by atoms with Gasteiger partial charge >= 0.3 is 0 Å². The molecule has 348 valence electrons. The molecule has 8 nitrogen and oxygen atoms in total. The van der Waals surface area contributed by atoms with Crippen molar-refractivity contribution in [3.05, 3.63) is 254 Å². The Morgan fingerprint density at radius 1 is 0.324 bits per heavy atom. The van der Waals surface area contributed by atoms with Crippen molar-refractivity contribution in [2.75, 3.05) is 0 Å². The second-order valence-corrected chi connectivity index (χ2v) is 23.0. The molecule has 5 heterocycles. The van der Waals surface area contributed by atoms with E-state index in [0.29, 0.717) is 23.5 Å². The molecule has 0 aliphatic carbocycles. The number of imidazole rings is 2. The number of rotatable bonds is 8. The Labute approximate surface area is 426 Å². The fourth-order valence-electron chi connectivity index (χ4n) is 11.9. The smallest absolute Gasteiger partial charge is 0.242 e. The molecule has 0 unspecified atom stereocenters. The maximum atomic E-state index is 5.53. The first-order valence-electron chi connectivity index (χ1n) is 25.1. The van der Waals surface area contributed by atoms with E-state index in [0.717, 1.165) is 71.7 Å². The van der Waals surface area contributed by atoms with E-state index >= 15 is 0 Å². The minimum atomic E-state index is -2.88. The van der Waals surface area contributed by atoms with Crippen LogP contribution in [0.25, 0.3) is 100 Å².